The summed E-state index contributed by atoms with van der Waals surface area (Å²) in [5.74, 6) is -1.12. The molecule has 4 N–H and O–H groups in total. The van der Waals surface area contributed by atoms with Crippen molar-refractivity contribution in [2.45, 2.75) is 52.0 Å². The number of nitrogens with one attached hydrogen (secondary N) is 1. The Bertz CT molecular complexity index is 1500. The number of nitrogens with zero attached hydrogens (tertiary/aromatic N) is 1. The lowest BCUT2D eigenvalue weighted by molar-refractivity contribution is -0.147. The van der Waals surface area contributed by atoms with Crippen molar-refractivity contribution in [2.24, 2.45) is 5.41 Å². The maximum absolute atomic E-state index is 13.5. The van der Waals surface area contributed by atoms with Crippen LogP contribution in [0.4, 0.5) is 11.4 Å². The Hall–Kier alpha value is -3.56. The van der Waals surface area contributed by atoms with Crippen LogP contribution in [-0.4, -0.2) is 43.5 Å². The zero-order valence-electron chi connectivity index (χ0n) is 23.1. The van der Waals surface area contributed by atoms with E-state index in [1.54, 1.807) is 38.1 Å². The first kappa shape index (κ1) is 28.4. The van der Waals surface area contributed by atoms with Crippen LogP contribution in [0.1, 0.15) is 54.5 Å². The van der Waals surface area contributed by atoms with E-state index in [4.69, 9.17) is 10.5 Å². The predicted molar refractivity (Wildman–Crippen MR) is 154 cm³/mol. The average molecular weight is 552 g/mol. The molecule has 39 heavy (non-hydrogen) atoms. The first-order valence-electron chi connectivity index (χ1n) is 13.1. The second kappa shape index (κ2) is 10.9. The number of carboxylic acids is 1. The molecule has 1 aliphatic rings. The number of para-hydroxylation sites is 1. The van der Waals surface area contributed by atoms with Crippen LogP contribution in [0.15, 0.2) is 59.5 Å². The summed E-state index contributed by atoms with van der Waals surface area (Å²) in [6.45, 7) is 10.5. The quantitative estimate of drug-likeness (QED) is 0.331. The summed E-state index contributed by atoms with van der Waals surface area (Å²) in [4.78, 5) is 12.7. The van der Waals surface area contributed by atoms with E-state index in [1.807, 2.05) is 51.1 Å². The van der Waals surface area contributed by atoms with Crippen LogP contribution in [0.25, 0.3) is 0 Å². The van der Waals surface area contributed by atoms with Gasteiger partial charge in [-0.1, -0.05) is 36.4 Å². The number of carboxylic acid groups (broad SMARTS) is 1. The molecule has 1 aliphatic heterocycles. The Balaban J connectivity index is 1.80. The van der Waals surface area contributed by atoms with Gasteiger partial charge in [0.2, 0.25) is 10.0 Å². The summed E-state index contributed by atoms with van der Waals surface area (Å²) in [5, 5.41) is 13.5. The van der Waals surface area contributed by atoms with Gasteiger partial charge in [0.25, 0.3) is 0 Å². The van der Waals surface area contributed by atoms with E-state index >= 15 is 0 Å². The minimum absolute atomic E-state index is 0.139. The van der Waals surface area contributed by atoms with Gasteiger partial charge in [-0.25, -0.2) is 8.42 Å². The van der Waals surface area contributed by atoms with Crippen LogP contribution in [0.2, 0.25) is 0 Å². The minimum Gasteiger partial charge on any atom is -0.491 e. The molecule has 3 aromatic carbocycles. The number of fused-ring (bicyclic) bond motifs is 1. The van der Waals surface area contributed by atoms with Crippen molar-refractivity contribution in [2.75, 3.05) is 30.7 Å². The van der Waals surface area contributed by atoms with Gasteiger partial charge in [-0.3, -0.25) is 4.79 Å². The largest absolute Gasteiger partial charge is 0.491 e. The maximum Gasteiger partial charge on any atom is 0.310 e. The van der Waals surface area contributed by atoms with Gasteiger partial charge in [0.05, 0.1) is 16.8 Å². The molecule has 0 saturated heterocycles. The van der Waals surface area contributed by atoms with E-state index in [9.17, 15) is 18.3 Å². The fraction of sp³-hybridized carbons (Fsp3) is 0.367. The maximum atomic E-state index is 13.5. The molecule has 4 rings (SSSR count). The summed E-state index contributed by atoms with van der Waals surface area (Å²) in [7, 11) is -3.79. The third-order valence-electron chi connectivity index (χ3n) is 7.63. The number of aryl methyl sites for hydroxylation is 1. The van der Waals surface area contributed by atoms with E-state index < -0.39 is 27.3 Å². The van der Waals surface area contributed by atoms with Crippen LogP contribution in [0, 0.1) is 19.3 Å². The molecule has 9 heteroatoms. The third-order valence-corrected chi connectivity index (χ3v) is 9.51. The summed E-state index contributed by atoms with van der Waals surface area (Å²) in [5.41, 5.74) is 10.8. The molecule has 0 bridgehead atoms. The van der Waals surface area contributed by atoms with Crippen molar-refractivity contribution in [1.82, 2.24) is 4.31 Å². The van der Waals surface area contributed by atoms with Crippen molar-refractivity contribution in [3.8, 4) is 5.75 Å². The van der Waals surface area contributed by atoms with Crippen LogP contribution in [0.3, 0.4) is 0 Å². The molecule has 8 nitrogen and oxygen atoms in total. The van der Waals surface area contributed by atoms with Crippen LogP contribution >= 0.6 is 0 Å². The summed E-state index contributed by atoms with van der Waals surface area (Å²) in [6.07, 6.45) is 0. The number of nitrogen functional groups attached to an aromatic ring is 1. The van der Waals surface area contributed by atoms with Crippen molar-refractivity contribution in [3.63, 3.8) is 0 Å². The fourth-order valence-electron chi connectivity index (χ4n) is 5.21. The first-order chi connectivity index (χ1) is 18.4. The van der Waals surface area contributed by atoms with E-state index in [0.29, 0.717) is 18.0 Å². The molecule has 0 radical (unpaired) electrons. The molecule has 208 valence electrons. The van der Waals surface area contributed by atoms with Crippen molar-refractivity contribution >= 4 is 27.4 Å². The molecule has 1 atom stereocenters. The molecule has 1 unspecified atom stereocenters. The molecule has 3 aromatic rings. The average Bonchev–Trinajstić information content (AvgIpc) is 3.01. The number of ether oxygens (including phenoxy) is 1. The first-order valence-corrected chi connectivity index (χ1v) is 14.5. The molecule has 0 fully saturated rings. The lowest BCUT2D eigenvalue weighted by Gasteiger charge is -2.34. The fourth-order valence-corrected chi connectivity index (χ4v) is 6.74. The molecule has 0 amide bonds. The number of benzene rings is 3. The summed E-state index contributed by atoms with van der Waals surface area (Å²) in [6, 6.07) is 16.3. The highest BCUT2D eigenvalue weighted by molar-refractivity contribution is 7.89. The number of sulfonamides is 1. The number of carbonyl (C=O) groups is 1. The second-order valence-corrected chi connectivity index (χ2v) is 12.5. The van der Waals surface area contributed by atoms with Crippen LogP contribution in [0.5, 0.6) is 5.75 Å². The molecular weight excluding hydrogens is 514 g/mol. The Morgan fingerprint density at radius 3 is 2.56 bits per heavy atom. The SMILES string of the molecule is CCNc1ccc(C(c2ccc(C)c(CN3CCOc4ccccc4S3(=O)=O)c2)C(C)(C)C(=O)O)c(C)c1N. The monoisotopic (exact) mass is 551 g/mol. The molecule has 1 heterocycles. The van der Waals surface area contributed by atoms with Crippen molar-refractivity contribution in [1.29, 1.82) is 0 Å². The normalized spacial score (nSPS) is 16.0. The Morgan fingerprint density at radius 2 is 1.87 bits per heavy atom. The van der Waals surface area contributed by atoms with Gasteiger partial charge in [0.15, 0.2) is 0 Å². The molecule has 0 spiro atoms. The topological polar surface area (TPSA) is 122 Å². The summed E-state index contributed by atoms with van der Waals surface area (Å²) >= 11 is 0. The molecule has 0 saturated carbocycles. The predicted octanol–water partition coefficient (Wildman–Crippen LogP) is 5.14. The van der Waals surface area contributed by atoms with Crippen molar-refractivity contribution < 1.29 is 23.1 Å². The number of nitrogens with two attached hydrogens (primary N) is 1. The van der Waals surface area contributed by atoms with Gasteiger partial charge >= 0.3 is 5.97 Å². The Morgan fingerprint density at radius 1 is 1.15 bits per heavy atom. The van der Waals surface area contributed by atoms with Gasteiger partial charge in [-0.15, -0.1) is 0 Å². The minimum atomic E-state index is -3.79. The van der Waals surface area contributed by atoms with Gasteiger partial charge in [0.1, 0.15) is 17.3 Å². The zero-order valence-corrected chi connectivity index (χ0v) is 23.9. The van der Waals surface area contributed by atoms with Gasteiger partial charge in [0, 0.05) is 25.6 Å². The van der Waals surface area contributed by atoms with Crippen molar-refractivity contribution in [3.05, 3.63) is 82.4 Å². The Labute approximate surface area is 230 Å². The second-order valence-electron chi connectivity index (χ2n) is 10.6. The van der Waals surface area contributed by atoms with E-state index in [0.717, 1.165) is 33.5 Å². The highest BCUT2D eigenvalue weighted by Gasteiger charge is 2.40. The number of hydrogen-bond acceptors (Lipinski definition) is 6. The number of anilines is 2. The smallest absolute Gasteiger partial charge is 0.310 e. The molecular formula is C30H37N3O5S. The lowest BCUT2D eigenvalue weighted by Crippen LogP contribution is -2.33. The highest BCUT2D eigenvalue weighted by atomic mass is 32.2. The molecule has 0 aromatic heterocycles. The lowest BCUT2D eigenvalue weighted by atomic mass is 9.69. The zero-order chi connectivity index (χ0) is 28.5. The third kappa shape index (κ3) is 5.33. The van der Waals surface area contributed by atoms with Gasteiger partial charge < -0.3 is 20.9 Å². The van der Waals surface area contributed by atoms with Crippen LogP contribution < -0.4 is 15.8 Å². The van der Waals surface area contributed by atoms with E-state index in [-0.39, 0.29) is 24.6 Å². The number of rotatable bonds is 8. The van der Waals surface area contributed by atoms with E-state index in [1.165, 1.54) is 4.31 Å². The van der Waals surface area contributed by atoms with E-state index in [2.05, 4.69) is 5.32 Å². The highest BCUT2D eigenvalue weighted by Crippen LogP contribution is 2.45. The number of aliphatic carboxylic acids is 1. The van der Waals surface area contributed by atoms with Gasteiger partial charge in [-0.05, 0) is 80.6 Å². The van der Waals surface area contributed by atoms with Crippen LogP contribution in [-0.2, 0) is 21.4 Å². The standard InChI is InChI=1S/C30H37N3O5S/c1-6-32-24-14-13-23(20(3)28(24)31)27(30(4,5)29(34)35)21-12-11-19(2)22(17-21)18-33-15-16-38-25-9-7-8-10-26(25)39(33,36)37/h7-14,17,27,32H,6,15-16,18,31H2,1-5H3,(H,34,35). The summed E-state index contributed by atoms with van der Waals surface area (Å²) < 4.78 is 34.2. The molecule has 0 aliphatic carbocycles. The van der Waals surface area contributed by atoms with Gasteiger partial charge in [-0.2, -0.15) is 4.31 Å². The number of hydrogen-bond donors (Lipinski definition) is 3. The Kier molecular flexibility index (Phi) is 7.95.